The first-order chi connectivity index (χ1) is 22.9. The molecule has 48 heavy (non-hydrogen) atoms. The van der Waals surface area contributed by atoms with Gasteiger partial charge in [-0.2, -0.15) is 0 Å². The minimum atomic E-state index is -3.91. The molecule has 2 atom stereocenters. The number of piperidine rings is 1. The summed E-state index contributed by atoms with van der Waals surface area (Å²) in [5, 5.41) is 6.11. The number of benzene rings is 2. The van der Waals surface area contributed by atoms with Gasteiger partial charge in [0.05, 0.1) is 29.8 Å². The van der Waals surface area contributed by atoms with Gasteiger partial charge in [-0.05, 0) is 73.2 Å². The van der Waals surface area contributed by atoms with Gasteiger partial charge >= 0.3 is 0 Å². The number of fused-ring (bicyclic) bond motifs is 2. The second-order valence-corrected chi connectivity index (χ2v) is 14.4. The number of imidazole rings is 1. The van der Waals surface area contributed by atoms with Crippen LogP contribution >= 0.6 is 0 Å². The third-order valence-corrected chi connectivity index (χ3v) is 10.0. The van der Waals surface area contributed by atoms with Gasteiger partial charge in [-0.25, -0.2) is 27.9 Å². The van der Waals surface area contributed by atoms with Crippen LogP contribution in [0.25, 0.3) is 33.6 Å². The largest absolute Gasteiger partial charge is 0.494 e. The van der Waals surface area contributed by atoms with Crippen molar-refractivity contribution in [3.63, 3.8) is 0 Å². The molecule has 5 aromatic rings. The van der Waals surface area contributed by atoms with Crippen LogP contribution in [-0.4, -0.2) is 76.5 Å². The Kier molecular flexibility index (Phi) is 8.04. The van der Waals surface area contributed by atoms with Gasteiger partial charge in [0.2, 0.25) is 10.0 Å². The molecule has 1 aliphatic heterocycles. The molecule has 0 bridgehead atoms. The van der Waals surface area contributed by atoms with E-state index in [-0.39, 0.29) is 48.2 Å². The number of pyridine rings is 1. The molecule has 14 heteroatoms. The highest BCUT2D eigenvalue weighted by Crippen LogP contribution is 2.38. The number of nitrogens with zero attached hydrogens (tertiary/aromatic N) is 5. The maximum absolute atomic E-state index is 14.3. The average molecular weight is 674 g/mol. The Balaban J connectivity index is 1.27. The summed E-state index contributed by atoms with van der Waals surface area (Å²) < 4.78 is 47.6. The Morgan fingerprint density at radius 2 is 1.85 bits per heavy atom. The van der Waals surface area contributed by atoms with E-state index in [1.807, 2.05) is 23.7 Å². The zero-order valence-electron chi connectivity index (χ0n) is 26.6. The lowest BCUT2D eigenvalue weighted by atomic mass is 10.0. The Labute approximate surface area is 276 Å². The summed E-state index contributed by atoms with van der Waals surface area (Å²) >= 11 is 0. The fraction of sp³-hybridized carbons (Fsp3) is 0.353. The number of ether oxygens (including phenoxy) is 1. The monoisotopic (exact) mass is 673 g/mol. The van der Waals surface area contributed by atoms with Crippen LogP contribution in [0.2, 0.25) is 0 Å². The van der Waals surface area contributed by atoms with Crippen molar-refractivity contribution in [1.82, 2.24) is 24.0 Å². The number of alkyl halides is 1. The van der Waals surface area contributed by atoms with E-state index in [9.17, 15) is 22.4 Å². The first-order valence-electron chi connectivity index (χ1n) is 15.8. The van der Waals surface area contributed by atoms with E-state index in [0.29, 0.717) is 51.8 Å². The number of carbonyl (C=O) groups excluding carboxylic acids is 2. The molecule has 2 aromatic carbocycles. The fourth-order valence-corrected chi connectivity index (χ4v) is 7.14. The Hall–Kier alpha value is -4.66. The van der Waals surface area contributed by atoms with Gasteiger partial charge in [0.1, 0.15) is 28.8 Å². The van der Waals surface area contributed by atoms with E-state index in [0.717, 1.165) is 23.9 Å². The molecule has 12 nitrogen and oxygen atoms in total. The number of rotatable bonds is 9. The van der Waals surface area contributed by atoms with Crippen LogP contribution in [0.15, 0.2) is 59.5 Å². The van der Waals surface area contributed by atoms with Crippen LogP contribution < -0.4 is 15.6 Å². The third kappa shape index (κ3) is 6.06. The standard InChI is InChI=1S/C34H36FN7O5S/c1-40-31-27(12-22(14-30(31)47-2)34(44)41-17-23(35)15-24(36)18-41)39-33(40)28-13-21-8-9-26(38-32(21)42(28)16-19-6-7-19)29(43)11-20-4-3-5-25(10-20)48(37,45)46/h3-5,8-10,12-14,19,23-24H,6-7,11,15-18,36H2,1-2H3,(H2,37,45,46)/t23-,24-/m1/s1. The fourth-order valence-electron chi connectivity index (χ4n) is 6.56. The lowest BCUT2D eigenvalue weighted by Crippen LogP contribution is -2.50. The first kappa shape index (κ1) is 31.9. The molecular weight excluding hydrogens is 637 g/mol. The second-order valence-electron chi connectivity index (χ2n) is 12.8. The number of Topliss-reactive ketones (excluding diaryl/α,β-unsaturated/α-hetero) is 1. The maximum Gasteiger partial charge on any atom is 0.254 e. The summed E-state index contributed by atoms with van der Waals surface area (Å²) in [4.78, 5) is 38.0. The van der Waals surface area contributed by atoms with Crippen molar-refractivity contribution < 1.29 is 27.1 Å². The topological polar surface area (TPSA) is 168 Å². The summed E-state index contributed by atoms with van der Waals surface area (Å²) in [6, 6.07) is 14.5. The average Bonchev–Trinajstić information content (AvgIpc) is 3.72. The summed E-state index contributed by atoms with van der Waals surface area (Å²) in [5.74, 6) is 0.953. The summed E-state index contributed by atoms with van der Waals surface area (Å²) in [6.07, 6.45) is 1.17. The summed E-state index contributed by atoms with van der Waals surface area (Å²) in [7, 11) is -0.499. The number of aryl methyl sites for hydroxylation is 1. The number of sulfonamides is 1. The van der Waals surface area contributed by atoms with Crippen molar-refractivity contribution >= 4 is 43.8 Å². The molecule has 0 radical (unpaired) electrons. The highest BCUT2D eigenvalue weighted by atomic mass is 32.2. The van der Waals surface area contributed by atoms with E-state index in [2.05, 4.69) is 4.57 Å². The molecule has 0 spiro atoms. The quantitative estimate of drug-likeness (QED) is 0.224. The molecule has 7 rings (SSSR count). The molecule has 2 fully saturated rings. The van der Waals surface area contributed by atoms with Crippen molar-refractivity contribution in [2.45, 2.75) is 49.3 Å². The third-order valence-electron chi connectivity index (χ3n) is 9.11. The molecule has 1 saturated heterocycles. The van der Waals surface area contributed by atoms with Crippen LogP contribution in [0.3, 0.4) is 0 Å². The first-order valence-corrected chi connectivity index (χ1v) is 17.3. The van der Waals surface area contributed by atoms with Crippen molar-refractivity contribution in [1.29, 1.82) is 0 Å². The van der Waals surface area contributed by atoms with Crippen molar-refractivity contribution in [3.05, 3.63) is 71.4 Å². The van der Waals surface area contributed by atoms with E-state index in [4.69, 9.17) is 25.6 Å². The number of hydrogen-bond donors (Lipinski definition) is 2. The SMILES string of the molecule is COc1cc(C(=O)N2C[C@H](N)C[C@@H](F)C2)cc2nc(-c3cc4ccc(C(=O)Cc5cccc(S(N)(=O)=O)c5)nc4n3CC3CC3)n(C)c12. The van der Waals surface area contributed by atoms with Gasteiger partial charge < -0.3 is 24.5 Å². The minimum Gasteiger partial charge on any atom is -0.494 e. The predicted octanol–water partition coefficient (Wildman–Crippen LogP) is 3.59. The number of hydrogen-bond acceptors (Lipinski definition) is 8. The summed E-state index contributed by atoms with van der Waals surface area (Å²) in [5.41, 5.74) is 9.78. The van der Waals surface area contributed by atoms with Gasteiger partial charge in [0, 0.05) is 43.5 Å². The zero-order valence-corrected chi connectivity index (χ0v) is 27.4. The molecule has 3 aromatic heterocycles. The van der Waals surface area contributed by atoms with Gasteiger partial charge in [0.15, 0.2) is 11.6 Å². The highest BCUT2D eigenvalue weighted by Gasteiger charge is 2.31. The van der Waals surface area contributed by atoms with Crippen molar-refractivity contribution in [2.75, 3.05) is 20.2 Å². The number of aromatic nitrogens is 4. The van der Waals surface area contributed by atoms with Crippen LogP contribution in [0, 0.1) is 5.92 Å². The lowest BCUT2D eigenvalue weighted by Gasteiger charge is -2.33. The Bertz CT molecular complexity index is 2200. The van der Waals surface area contributed by atoms with Gasteiger partial charge in [-0.3, -0.25) is 9.59 Å². The molecule has 250 valence electrons. The van der Waals surface area contributed by atoms with E-state index < -0.39 is 22.2 Å². The number of ketones is 1. The van der Waals surface area contributed by atoms with Crippen molar-refractivity contribution in [2.24, 2.45) is 23.8 Å². The normalized spacial score (nSPS) is 18.5. The molecule has 4 heterocycles. The molecule has 1 amide bonds. The van der Waals surface area contributed by atoms with Crippen LogP contribution in [-0.2, 0) is 30.0 Å². The number of primary sulfonamides is 1. The van der Waals surface area contributed by atoms with Crippen LogP contribution in [0.1, 0.15) is 45.7 Å². The molecule has 2 aliphatic rings. The molecule has 1 aliphatic carbocycles. The van der Waals surface area contributed by atoms with E-state index >= 15 is 0 Å². The number of methoxy groups -OCH3 is 1. The Morgan fingerprint density at radius 3 is 2.56 bits per heavy atom. The molecule has 4 N–H and O–H groups in total. The van der Waals surface area contributed by atoms with Gasteiger partial charge in [0.25, 0.3) is 5.91 Å². The highest BCUT2D eigenvalue weighted by molar-refractivity contribution is 7.89. The van der Waals surface area contributed by atoms with E-state index in [1.165, 1.54) is 24.1 Å². The van der Waals surface area contributed by atoms with Crippen LogP contribution in [0.4, 0.5) is 4.39 Å². The smallest absolute Gasteiger partial charge is 0.254 e. The van der Waals surface area contributed by atoms with E-state index in [1.54, 1.807) is 30.3 Å². The number of carbonyl (C=O) groups is 2. The second kappa shape index (κ2) is 12.1. The maximum atomic E-state index is 14.3. The molecule has 1 saturated carbocycles. The number of likely N-dealkylation sites (tertiary alicyclic amines) is 1. The lowest BCUT2D eigenvalue weighted by molar-refractivity contribution is 0.0606. The Morgan fingerprint density at radius 1 is 1.06 bits per heavy atom. The number of halogens is 1. The zero-order chi connectivity index (χ0) is 33.9. The summed E-state index contributed by atoms with van der Waals surface area (Å²) in [6.45, 7) is 0.943. The number of amides is 1. The minimum absolute atomic E-state index is 0.0128. The van der Waals surface area contributed by atoms with Gasteiger partial charge in [-0.1, -0.05) is 12.1 Å². The van der Waals surface area contributed by atoms with Gasteiger partial charge in [-0.15, -0.1) is 0 Å². The predicted molar refractivity (Wildman–Crippen MR) is 178 cm³/mol. The number of nitrogens with two attached hydrogens (primary N) is 2. The van der Waals surface area contributed by atoms with Crippen molar-refractivity contribution in [3.8, 4) is 17.3 Å². The molecular formula is C34H36FN7O5S. The molecule has 0 unspecified atom stereocenters. The van der Waals surface area contributed by atoms with Crippen LogP contribution in [0.5, 0.6) is 5.75 Å².